The molecule has 9 heteroatoms. The van der Waals surface area contributed by atoms with E-state index < -0.39 is 0 Å². The largest absolute Gasteiger partial charge is 0.378 e. The van der Waals surface area contributed by atoms with Gasteiger partial charge in [-0.15, -0.1) is 11.3 Å². The molecule has 3 aliphatic rings. The van der Waals surface area contributed by atoms with Crippen LogP contribution in [0.5, 0.6) is 0 Å². The van der Waals surface area contributed by atoms with Crippen molar-refractivity contribution in [3.05, 3.63) is 52.5 Å². The molecule has 6 heterocycles. The Morgan fingerprint density at radius 3 is 2.65 bits per heavy atom. The summed E-state index contributed by atoms with van der Waals surface area (Å²) in [6.45, 7) is 10.7. The summed E-state index contributed by atoms with van der Waals surface area (Å²) in [7, 11) is 0. The van der Waals surface area contributed by atoms with E-state index in [1.807, 2.05) is 28.3 Å². The van der Waals surface area contributed by atoms with Crippen LogP contribution in [0.2, 0.25) is 0 Å². The van der Waals surface area contributed by atoms with Gasteiger partial charge in [-0.1, -0.05) is 23.8 Å². The fourth-order valence-corrected chi connectivity index (χ4v) is 7.27. The van der Waals surface area contributed by atoms with Crippen LogP contribution >= 0.6 is 11.3 Å². The molecule has 0 saturated carbocycles. The van der Waals surface area contributed by atoms with E-state index in [1.165, 1.54) is 33.5 Å². The van der Waals surface area contributed by atoms with Gasteiger partial charge in [-0.05, 0) is 44.4 Å². The highest BCUT2D eigenvalue weighted by molar-refractivity contribution is 7.19. The van der Waals surface area contributed by atoms with Crippen LogP contribution in [0.3, 0.4) is 0 Å². The van der Waals surface area contributed by atoms with Gasteiger partial charge < -0.3 is 15.0 Å². The summed E-state index contributed by atoms with van der Waals surface area (Å²) in [6.07, 6.45) is 4.58. The number of hydrogen-bond acceptors (Lipinski definition) is 8. The van der Waals surface area contributed by atoms with Gasteiger partial charge in [-0.25, -0.2) is 9.67 Å². The van der Waals surface area contributed by atoms with Gasteiger partial charge in [0.2, 0.25) is 0 Å². The zero-order valence-corrected chi connectivity index (χ0v) is 22.3. The molecule has 192 valence electrons. The number of hydrogen-bond donors (Lipinski definition) is 1. The summed E-state index contributed by atoms with van der Waals surface area (Å²) in [4.78, 5) is 16.6. The third-order valence-electron chi connectivity index (χ3n) is 7.91. The Labute approximate surface area is 221 Å². The SMILES string of the molecule is Cc1cccc(-c2ccn(-c3nc(N4CCOCC4)c4sc(CN5CC6CCC(C5)N6)c(C)c4n3)n2)c1. The highest BCUT2D eigenvalue weighted by Gasteiger charge is 2.33. The minimum atomic E-state index is 0.626. The van der Waals surface area contributed by atoms with Crippen molar-refractivity contribution in [3.8, 4) is 17.2 Å². The minimum Gasteiger partial charge on any atom is -0.378 e. The topological polar surface area (TPSA) is 71.3 Å². The number of benzene rings is 1. The summed E-state index contributed by atoms with van der Waals surface area (Å²) < 4.78 is 8.66. The van der Waals surface area contributed by atoms with E-state index in [0.29, 0.717) is 18.0 Å². The molecule has 3 aliphatic heterocycles. The number of rotatable bonds is 5. The van der Waals surface area contributed by atoms with E-state index in [4.69, 9.17) is 19.8 Å². The number of likely N-dealkylation sites (tertiary alicyclic amines) is 1. The first-order valence-corrected chi connectivity index (χ1v) is 14.2. The monoisotopic (exact) mass is 515 g/mol. The fourth-order valence-electron chi connectivity index (χ4n) is 5.96. The Hall–Kier alpha value is -2.85. The lowest BCUT2D eigenvalue weighted by Crippen LogP contribution is -2.50. The third-order valence-corrected chi connectivity index (χ3v) is 9.17. The number of fused-ring (bicyclic) bond motifs is 3. The maximum absolute atomic E-state index is 5.65. The molecule has 7 rings (SSSR count). The van der Waals surface area contributed by atoms with Crippen LogP contribution in [0.4, 0.5) is 5.82 Å². The lowest BCUT2D eigenvalue weighted by molar-refractivity contribution is 0.122. The molecule has 0 aliphatic carbocycles. The van der Waals surface area contributed by atoms with Crippen molar-refractivity contribution in [3.63, 3.8) is 0 Å². The van der Waals surface area contributed by atoms with Crippen molar-refractivity contribution in [1.82, 2.24) is 30.0 Å². The second-order valence-corrected chi connectivity index (χ2v) is 11.7. The molecule has 4 aromatic rings. The molecular weight excluding hydrogens is 482 g/mol. The summed E-state index contributed by atoms with van der Waals surface area (Å²) in [5.74, 6) is 1.64. The van der Waals surface area contributed by atoms with Crippen molar-refractivity contribution >= 4 is 27.4 Å². The predicted octanol–water partition coefficient (Wildman–Crippen LogP) is 3.93. The maximum atomic E-state index is 5.65. The van der Waals surface area contributed by atoms with E-state index in [1.54, 1.807) is 0 Å². The molecule has 1 N–H and O–H groups in total. The average molecular weight is 516 g/mol. The quantitative estimate of drug-likeness (QED) is 0.432. The molecule has 37 heavy (non-hydrogen) atoms. The Bertz CT molecular complexity index is 1430. The minimum absolute atomic E-state index is 0.626. The highest BCUT2D eigenvalue weighted by atomic mass is 32.1. The number of anilines is 1. The smallest absolute Gasteiger partial charge is 0.253 e. The van der Waals surface area contributed by atoms with Gasteiger partial charge in [-0.2, -0.15) is 10.1 Å². The molecule has 1 aromatic carbocycles. The zero-order valence-electron chi connectivity index (χ0n) is 21.5. The highest BCUT2D eigenvalue weighted by Crippen LogP contribution is 2.37. The number of ether oxygens (including phenoxy) is 1. The van der Waals surface area contributed by atoms with Crippen LogP contribution in [0.1, 0.15) is 28.8 Å². The Morgan fingerprint density at radius 2 is 1.86 bits per heavy atom. The molecule has 2 bridgehead atoms. The Morgan fingerprint density at radius 1 is 1.05 bits per heavy atom. The molecule has 3 fully saturated rings. The first-order chi connectivity index (χ1) is 18.1. The summed E-state index contributed by atoms with van der Waals surface area (Å²) in [6, 6.07) is 11.8. The van der Waals surface area contributed by atoms with Crippen molar-refractivity contribution in [2.75, 3.05) is 44.3 Å². The summed E-state index contributed by atoms with van der Waals surface area (Å²) in [5, 5.41) is 8.63. The fraction of sp³-hybridized carbons (Fsp3) is 0.464. The lowest BCUT2D eigenvalue weighted by Gasteiger charge is -2.32. The maximum Gasteiger partial charge on any atom is 0.253 e. The molecule has 0 spiro atoms. The van der Waals surface area contributed by atoms with Gasteiger partial charge in [0.1, 0.15) is 0 Å². The lowest BCUT2D eigenvalue weighted by atomic mass is 10.1. The molecule has 8 nitrogen and oxygen atoms in total. The second kappa shape index (κ2) is 9.47. The molecule has 0 radical (unpaired) electrons. The normalized spacial score (nSPS) is 22.3. The van der Waals surface area contributed by atoms with Gasteiger partial charge in [0.15, 0.2) is 5.82 Å². The van der Waals surface area contributed by atoms with Crippen molar-refractivity contribution in [2.24, 2.45) is 0 Å². The number of piperazine rings is 1. The zero-order chi connectivity index (χ0) is 24.9. The number of aryl methyl sites for hydroxylation is 2. The van der Waals surface area contributed by atoms with Gasteiger partial charge in [0.05, 0.1) is 29.1 Å². The first kappa shape index (κ1) is 23.3. The number of aromatic nitrogens is 4. The summed E-state index contributed by atoms with van der Waals surface area (Å²) in [5.41, 5.74) is 5.58. The molecule has 3 aromatic heterocycles. The van der Waals surface area contributed by atoms with E-state index in [-0.39, 0.29) is 0 Å². The van der Waals surface area contributed by atoms with Crippen LogP contribution in [0.15, 0.2) is 36.5 Å². The third kappa shape index (κ3) is 4.44. The standard InChI is InChI=1S/C28H33N7OS/c1-18-4-3-5-20(14-18)23-8-9-35(32-23)28-30-25-19(2)24(17-33-15-21-6-7-22(16-33)29-21)37-26(25)27(31-28)34-10-12-36-13-11-34/h3-5,8-9,14,21-22,29H,6-7,10-13,15-17H2,1-2H3. The first-order valence-electron chi connectivity index (χ1n) is 13.3. The van der Waals surface area contributed by atoms with Gasteiger partial charge in [0.25, 0.3) is 5.95 Å². The van der Waals surface area contributed by atoms with Gasteiger partial charge in [0, 0.05) is 61.4 Å². The number of nitrogens with one attached hydrogen (secondary N) is 1. The van der Waals surface area contributed by atoms with E-state index in [9.17, 15) is 0 Å². The van der Waals surface area contributed by atoms with E-state index in [0.717, 1.165) is 68.5 Å². The molecule has 2 unspecified atom stereocenters. The molecule has 0 amide bonds. The van der Waals surface area contributed by atoms with E-state index in [2.05, 4.69) is 53.2 Å². The average Bonchev–Trinajstić information content (AvgIpc) is 3.62. The van der Waals surface area contributed by atoms with E-state index >= 15 is 0 Å². The molecule has 3 saturated heterocycles. The molecule has 2 atom stereocenters. The van der Waals surface area contributed by atoms with Crippen molar-refractivity contribution in [1.29, 1.82) is 0 Å². The van der Waals surface area contributed by atoms with Crippen LogP contribution in [-0.2, 0) is 11.3 Å². The van der Waals surface area contributed by atoms with Crippen molar-refractivity contribution in [2.45, 2.75) is 45.3 Å². The van der Waals surface area contributed by atoms with Crippen LogP contribution in [0.25, 0.3) is 27.4 Å². The number of nitrogens with zero attached hydrogens (tertiary/aromatic N) is 6. The number of morpholine rings is 1. The predicted molar refractivity (Wildman–Crippen MR) is 148 cm³/mol. The second-order valence-electron chi connectivity index (χ2n) is 10.6. The van der Waals surface area contributed by atoms with Crippen molar-refractivity contribution < 1.29 is 4.74 Å². The Kier molecular flexibility index (Phi) is 5.96. The van der Waals surface area contributed by atoms with Gasteiger partial charge in [-0.3, -0.25) is 4.90 Å². The number of thiophene rings is 1. The molecular formula is C28H33N7OS. The Balaban J connectivity index is 1.28. The van der Waals surface area contributed by atoms with Gasteiger partial charge >= 0.3 is 0 Å². The summed E-state index contributed by atoms with van der Waals surface area (Å²) >= 11 is 1.87. The van der Waals surface area contributed by atoms with Crippen LogP contribution in [-0.4, -0.2) is 76.1 Å². The van der Waals surface area contributed by atoms with Crippen LogP contribution < -0.4 is 10.2 Å². The van der Waals surface area contributed by atoms with Crippen LogP contribution in [0, 0.1) is 13.8 Å².